The molecule has 0 radical (unpaired) electrons. The zero-order chi connectivity index (χ0) is 21.7. The number of aliphatic hydroxyl groups excluding tert-OH is 1. The van der Waals surface area contributed by atoms with Gasteiger partial charge in [0.1, 0.15) is 23.4 Å². The van der Waals surface area contributed by atoms with Crippen LogP contribution in [0.1, 0.15) is 60.8 Å². The Balaban J connectivity index is 1.97. The molecule has 3 rings (SSSR count). The Morgan fingerprint density at radius 2 is 1.90 bits per heavy atom. The minimum atomic E-state index is -0.935. The molecular formula is C22H35NO6. The first-order chi connectivity index (χ1) is 13.4. The maximum absolute atomic E-state index is 13.1. The zero-order valence-corrected chi connectivity index (χ0v) is 18.7. The largest absolute Gasteiger partial charge is 0.444 e. The van der Waals surface area contributed by atoms with E-state index in [1.807, 2.05) is 41.5 Å². The van der Waals surface area contributed by atoms with Gasteiger partial charge in [0.25, 0.3) is 0 Å². The van der Waals surface area contributed by atoms with Crippen LogP contribution >= 0.6 is 0 Å². The number of ether oxygens (including phenoxy) is 4. The first-order valence-electron chi connectivity index (χ1n) is 10.4. The van der Waals surface area contributed by atoms with E-state index >= 15 is 0 Å². The van der Waals surface area contributed by atoms with Gasteiger partial charge in [0.15, 0.2) is 5.79 Å². The van der Waals surface area contributed by atoms with Crippen molar-refractivity contribution in [2.75, 3.05) is 20.3 Å². The average Bonchev–Trinajstić information content (AvgIpc) is 3.38. The number of rotatable bonds is 2. The number of hydrogen-bond donors (Lipinski definition) is 1. The Hall–Kier alpha value is -1.33. The van der Waals surface area contributed by atoms with Crippen LogP contribution in [-0.2, 0) is 18.9 Å². The van der Waals surface area contributed by atoms with Crippen molar-refractivity contribution in [3.63, 3.8) is 0 Å². The predicted octanol–water partition coefficient (Wildman–Crippen LogP) is 2.70. The van der Waals surface area contributed by atoms with E-state index in [0.29, 0.717) is 13.0 Å². The molecule has 0 aromatic carbocycles. The van der Waals surface area contributed by atoms with Gasteiger partial charge in [-0.25, -0.2) is 4.79 Å². The van der Waals surface area contributed by atoms with Crippen LogP contribution in [0.5, 0.6) is 0 Å². The third-order valence-corrected chi connectivity index (χ3v) is 6.33. The van der Waals surface area contributed by atoms with Gasteiger partial charge >= 0.3 is 6.09 Å². The minimum Gasteiger partial charge on any atom is -0.444 e. The summed E-state index contributed by atoms with van der Waals surface area (Å²) in [5, 5.41) is 9.17. The number of likely N-dealkylation sites (tertiary alicyclic amines) is 1. The van der Waals surface area contributed by atoms with Crippen molar-refractivity contribution >= 4 is 6.09 Å². The Morgan fingerprint density at radius 3 is 2.41 bits per heavy atom. The lowest BCUT2D eigenvalue weighted by molar-refractivity contribution is -0.394. The molecule has 4 atom stereocenters. The fourth-order valence-electron chi connectivity index (χ4n) is 4.32. The SMILES string of the molecule is CO[C@@]1(C)O[C@@H]2[C@@H](C#CCCO)C3(CC3)N(C(=O)OC(C)(C)C)C[C@H]2OC1(C)C. The normalized spacial score (nSPS) is 34.8. The molecule has 0 aromatic heterocycles. The number of amides is 1. The molecule has 2 aliphatic heterocycles. The van der Waals surface area contributed by atoms with Gasteiger partial charge < -0.3 is 24.1 Å². The summed E-state index contributed by atoms with van der Waals surface area (Å²) in [5.74, 6) is 5.16. The van der Waals surface area contributed by atoms with Crippen LogP contribution in [0.25, 0.3) is 0 Å². The van der Waals surface area contributed by atoms with Crippen LogP contribution in [0.3, 0.4) is 0 Å². The van der Waals surface area contributed by atoms with E-state index in [1.165, 1.54) is 0 Å². The van der Waals surface area contributed by atoms with Gasteiger partial charge in [-0.15, -0.1) is 5.92 Å². The second kappa shape index (κ2) is 7.42. The summed E-state index contributed by atoms with van der Waals surface area (Å²) < 4.78 is 24.3. The molecule has 7 heteroatoms. The van der Waals surface area contributed by atoms with E-state index < -0.39 is 22.5 Å². The summed E-state index contributed by atoms with van der Waals surface area (Å²) in [6.07, 6.45) is 1.03. The molecule has 29 heavy (non-hydrogen) atoms. The van der Waals surface area contributed by atoms with E-state index in [4.69, 9.17) is 24.1 Å². The fourth-order valence-corrected chi connectivity index (χ4v) is 4.32. The third-order valence-electron chi connectivity index (χ3n) is 6.33. The molecule has 2 heterocycles. The van der Waals surface area contributed by atoms with Crippen molar-refractivity contribution in [3.05, 3.63) is 0 Å². The maximum Gasteiger partial charge on any atom is 0.410 e. The van der Waals surface area contributed by atoms with E-state index in [1.54, 1.807) is 12.0 Å². The zero-order valence-electron chi connectivity index (χ0n) is 18.7. The second-order valence-electron chi connectivity index (χ2n) is 9.87. The van der Waals surface area contributed by atoms with Crippen LogP contribution < -0.4 is 0 Å². The number of nitrogens with zero attached hydrogens (tertiary/aromatic N) is 1. The summed E-state index contributed by atoms with van der Waals surface area (Å²) in [7, 11) is 1.61. The molecule has 2 saturated heterocycles. The Labute approximate surface area is 174 Å². The van der Waals surface area contributed by atoms with Crippen molar-refractivity contribution in [1.82, 2.24) is 4.90 Å². The van der Waals surface area contributed by atoms with E-state index in [-0.39, 0.29) is 30.8 Å². The highest BCUT2D eigenvalue weighted by Gasteiger charge is 2.67. The number of hydrogen-bond acceptors (Lipinski definition) is 6. The molecule has 1 spiro atoms. The summed E-state index contributed by atoms with van der Waals surface area (Å²) in [6, 6.07) is 0. The molecule has 1 aliphatic carbocycles. The first-order valence-corrected chi connectivity index (χ1v) is 10.4. The van der Waals surface area contributed by atoms with Gasteiger partial charge in [0.2, 0.25) is 0 Å². The number of methoxy groups -OCH3 is 1. The van der Waals surface area contributed by atoms with Crippen molar-refractivity contribution in [2.45, 2.75) is 95.5 Å². The smallest absolute Gasteiger partial charge is 0.410 e. The molecule has 3 aliphatic rings. The van der Waals surface area contributed by atoms with Crippen LogP contribution in [0, 0.1) is 17.8 Å². The van der Waals surface area contributed by atoms with Crippen LogP contribution in [0.2, 0.25) is 0 Å². The van der Waals surface area contributed by atoms with Crippen LogP contribution in [-0.4, -0.2) is 71.1 Å². The Morgan fingerprint density at radius 1 is 1.24 bits per heavy atom. The van der Waals surface area contributed by atoms with Gasteiger partial charge in [-0.1, -0.05) is 5.92 Å². The Kier molecular flexibility index (Phi) is 5.72. The minimum absolute atomic E-state index is 0.00320. The molecule has 3 fully saturated rings. The molecule has 0 unspecified atom stereocenters. The van der Waals surface area contributed by atoms with Crippen molar-refractivity contribution in [3.8, 4) is 11.8 Å². The van der Waals surface area contributed by atoms with E-state index in [0.717, 1.165) is 12.8 Å². The van der Waals surface area contributed by atoms with E-state index in [2.05, 4.69) is 11.8 Å². The van der Waals surface area contributed by atoms with Crippen molar-refractivity contribution in [2.24, 2.45) is 5.92 Å². The molecule has 1 N–H and O–H groups in total. The molecule has 0 aromatic rings. The molecule has 7 nitrogen and oxygen atoms in total. The number of carbonyl (C=O) groups is 1. The van der Waals surface area contributed by atoms with Crippen molar-refractivity contribution < 1.29 is 28.8 Å². The highest BCUT2D eigenvalue weighted by Crippen LogP contribution is 2.56. The van der Waals surface area contributed by atoms with Gasteiger partial charge in [-0.3, -0.25) is 4.90 Å². The second-order valence-corrected chi connectivity index (χ2v) is 9.87. The third kappa shape index (κ3) is 4.00. The van der Waals surface area contributed by atoms with Crippen LogP contribution in [0.15, 0.2) is 0 Å². The molecule has 1 amide bonds. The number of aliphatic hydroxyl groups is 1. The highest BCUT2D eigenvalue weighted by atomic mass is 16.7. The average molecular weight is 410 g/mol. The summed E-state index contributed by atoms with van der Waals surface area (Å²) >= 11 is 0. The van der Waals surface area contributed by atoms with Crippen LogP contribution in [0.4, 0.5) is 4.79 Å². The quantitative estimate of drug-likeness (QED) is 0.707. The molecule has 1 saturated carbocycles. The maximum atomic E-state index is 13.1. The van der Waals surface area contributed by atoms with Gasteiger partial charge in [-0.2, -0.15) is 0 Å². The lowest BCUT2D eigenvalue weighted by Crippen LogP contribution is -2.71. The molecule has 0 bridgehead atoms. The van der Waals surface area contributed by atoms with Gasteiger partial charge in [0, 0.05) is 13.5 Å². The summed E-state index contributed by atoms with van der Waals surface area (Å²) in [6.45, 7) is 11.7. The lowest BCUT2D eigenvalue weighted by Gasteiger charge is -2.57. The molecular weight excluding hydrogens is 374 g/mol. The standard InChI is InChI=1S/C22H35NO6/c1-19(2,3)29-18(25)23-14-16-17(28-21(6,26-7)20(4,5)27-16)15(10-8-9-13-24)22(23)11-12-22/h15-17,24H,9,11-14H2,1-7H3/t15-,16-,17-,21+/m1/s1. The number of fused-ring (bicyclic) bond motifs is 1. The topological polar surface area (TPSA) is 77.5 Å². The fraction of sp³-hybridized carbons (Fsp3) is 0.864. The van der Waals surface area contributed by atoms with Gasteiger partial charge in [0.05, 0.1) is 24.6 Å². The predicted molar refractivity (Wildman–Crippen MR) is 107 cm³/mol. The number of carbonyl (C=O) groups excluding carboxylic acids is 1. The lowest BCUT2D eigenvalue weighted by atomic mass is 9.80. The summed E-state index contributed by atoms with van der Waals surface area (Å²) in [5.41, 5.74) is -1.72. The monoisotopic (exact) mass is 409 g/mol. The molecule has 164 valence electrons. The Bertz CT molecular complexity index is 698. The van der Waals surface area contributed by atoms with Crippen molar-refractivity contribution in [1.29, 1.82) is 0 Å². The van der Waals surface area contributed by atoms with Gasteiger partial charge in [-0.05, 0) is 54.4 Å². The summed E-state index contributed by atoms with van der Waals surface area (Å²) in [4.78, 5) is 14.9. The number of piperidine rings is 1. The highest BCUT2D eigenvalue weighted by molar-refractivity contribution is 5.70. The first kappa shape index (κ1) is 22.4. The van der Waals surface area contributed by atoms with E-state index in [9.17, 15) is 4.79 Å².